The maximum absolute atomic E-state index is 12.1. The molecule has 4 N–H and O–H groups in total. The number of rotatable bonds is 10. The Morgan fingerprint density at radius 2 is 2.00 bits per heavy atom. The van der Waals surface area contributed by atoms with Gasteiger partial charge in [0, 0.05) is 25.9 Å². The predicted molar refractivity (Wildman–Crippen MR) is 141 cm³/mol. The average Bonchev–Trinajstić information content (AvgIpc) is 3.40. The molecule has 0 aliphatic heterocycles. The molecular formula is C26H27N7O3. The second-order valence-corrected chi connectivity index (χ2v) is 7.81. The summed E-state index contributed by atoms with van der Waals surface area (Å²) < 4.78 is 5.58. The number of anilines is 4. The summed E-state index contributed by atoms with van der Waals surface area (Å²) in [4.78, 5) is 30.6. The van der Waals surface area contributed by atoms with Gasteiger partial charge >= 0.3 is 0 Å². The lowest BCUT2D eigenvalue weighted by Crippen LogP contribution is -2.23. The number of imidazole rings is 1. The molecule has 0 unspecified atom stereocenters. The Morgan fingerprint density at radius 3 is 2.72 bits per heavy atom. The van der Waals surface area contributed by atoms with Gasteiger partial charge in [0.2, 0.25) is 11.9 Å². The van der Waals surface area contributed by atoms with Gasteiger partial charge in [-0.05, 0) is 23.8 Å². The minimum atomic E-state index is -0.366. The molecule has 0 saturated carbocycles. The van der Waals surface area contributed by atoms with Gasteiger partial charge in [-0.2, -0.15) is 0 Å². The largest absolute Gasteiger partial charge is 0.494 e. The van der Waals surface area contributed by atoms with Crippen molar-refractivity contribution in [2.24, 2.45) is 0 Å². The Kier molecular flexibility index (Phi) is 7.57. The molecule has 0 aliphatic rings. The molecule has 36 heavy (non-hydrogen) atoms. The van der Waals surface area contributed by atoms with E-state index >= 15 is 0 Å². The highest BCUT2D eigenvalue weighted by Crippen LogP contribution is 2.38. The Bertz CT molecular complexity index is 1350. The lowest BCUT2D eigenvalue weighted by atomic mass is 10.2. The fraction of sp³-hybridized carbons (Fsp3) is 0.154. The van der Waals surface area contributed by atoms with E-state index in [2.05, 4.69) is 37.1 Å². The number of H-pyrrole nitrogens is 1. The summed E-state index contributed by atoms with van der Waals surface area (Å²) in [5.74, 6) is 1.06. The highest BCUT2D eigenvalue weighted by molar-refractivity contribution is 6.02. The first kappa shape index (κ1) is 24.4. The van der Waals surface area contributed by atoms with Crippen molar-refractivity contribution >= 4 is 28.9 Å². The van der Waals surface area contributed by atoms with Gasteiger partial charge < -0.3 is 30.4 Å². The summed E-state index contributed by atoms with van der Waals surface area (Å²) in [6, 6.07) is 15.1. The summed E-state index contributed by atoms with van der Waals surface area (Å²) in [6.45, 7) is 3.83. The number of nitrogens with one attached hydrogen (secondary N) is 3. The average molecular weight is 486 g/mol. The van der Waals surface area contributed by atoms with Gasteiger partial charge in [0.05, 0.1) is 42.7 Å². The smallest absolute Gasteiger partial charge is 0.247 e. The monoisotopic (exact) mass is 485 g/mol. The van der Waals surface area contributed by atoms with Crippen LogP contribution in [0.3, 0.4) is 0 Å². The van der Waals surface area contributed by atoms with Crippen LogP contribution in [-0.2, 0) is 4.79 Å². The Labute approximate surface area is 208 Å². The third-order valence-corrected chi connectivity index (χ3v) is 5.41. The van der Waals surface area contributed by atoms with Gasteiger partial charge in [0.1, 0.15) is 11.4 Å². The number of amides is 1. The molecule has 2 heterocycles. The molecule has 10 heteroatoms. The summed E-state index contributed by atoms with van der Waals surface area (Å²) in [5.41, 5.74) is 4.22. The maximum Gasteiger partial charge on any atom is 0.247 e. The van der Waals surface area contributed by atoms with Crippen molar-refractivity contribution in [2.75, 3.05) is 42.8 Å². The van der Waals surface area contributed by atoms with Crippen LogP contribution in [-0.4, -0.2) is 58.3 Å². The molecule has 0 fully saturated rings. The molecule has 10 nitrogen and oxygen atoms in total. The molecule has 4 aromatic rings. The topological polar surface area (TPSA) is 128 Å². The van der Waals surface area contributed by atoms with E-state index in [1.807, 2.05) is 35.2 Å². The molecule has 2 aromatic heterocycles. The molecule has 2 aromatic carbocycles. The van der Waals surface area contributed by atoms with E-state index in [0.29, 0.717) is 46.8 Å². The van der Waals surface area contributed by atoms with Crippen LogP contribution in [0.15, 0.2) is 73.6 Å². The molecule has 0 aliphatic carbocycles. The van der Waals surface area contributed by atoms with Crippen molar-refractivity contribution in [1.82, 2.24) is 19.9 Å². The minimum absolute atomic E-state index is 0.0486. The number of aromatic amines is 1. The molecule has 0 bridgehead atoms. The lowest BCUT2D eigenvalue weighted by Gasteiger charge is -2.24. The Balaban J connectivity index is 1.65. The van der Waals surface area contributed by atoms with Crippen molar-refractivity contribution in [2.45, 2.75) is 0 Å². The number of carbonyl (C=O) groups is 1. The van der Waals surface area contributed by atoms with Crippen LogP contribution in [0, 0.1) is 0 Å². The zero-order chi connectivity index (χ0) is 25.5. The van der Waals surface area contributed by atoms with Gasteiger partial charge in [0.25, 0.3) is 0 Å². The van der Waals surface area contributed by atoms with Crippen molar-refractivity contribution < 1.29 is 14.6 Å². The van der Waals surface area contributed by atoms with Gasteiger partial charge in [-0.15, -0.1) is 0 Å². The number of carbonyl (C=O) groups excluding carboxylic acids is 1. The van der Waals surface area contributed by atoms with Crippen molar-refractivity contribution in [3.63, 3.8) is 0 Å². The quantitative estimate of drug-likeness (QED) is 0.250. The molecule has 0 atom stereocenters. The third kappa shape index (κ3) is 5.50. The number of benzene rings is 2. The standard InChI is InChI=1S/C26H27N7O3/c1-4-24(35)29-19-14-20(23(36-3)15-22(19)33(2)12-13-34)32-26-27-11-10-18(31-26)25-28-16-21(30-25)17-8-6-5-7-9-17/h4-11,14-16,34H,1,12-13H2,2-3H3,(H,28,30)(H,29,35)(H,27,31,32). The zero-order valence-electron chi connectivity index (χ0n) is 20.0. The van der Waals surface area contributed by atoms with E-state index in [-0.39, 0.29) is 12.5 Å². The number of aliphatic hydroxyl groups is 1. The molecule has 0 radical (unpaired) electrons. The minimum Gasteiger partial charge on any atom is -0.494 e. The highest BCUT2D eigenvalue weighted by Gasteiger charge is 2.16. The van der Waals surface area contributed by atoms with Crippen LogP contribution in [0.25, 0.3) is 22.8 Å². The Morgan fingerprint density at radius 1 is 1.19 bits per heavy atom. The van der Waals surface area contributed by atoms with Gasteiger partial charge in [-0.3, -0.25) is 4.79 Å². The molecule has 0 spiro atoms. The van der Waals surface area contributed by atoms with E-state index < -0.39 is 0 Å². The number of aliphatic hydroxyl groups excluding tert-OH is 1. The van der Waals surface area contributed by atoms with Crippen LogP contribution < -0.4 is 20.3 Å². The first-order chi connectivity index (χ1) is 17.5. The van der Waals surface area contributed by atoms with Gasteiger partial charge in [-0.1, -0.05) is 36.9 Å². The summed E-state index contributed by atoms with van der Waals surface area (Å²) in [6.07, 6.45) is 4.58. The SMILES string of the molecule is C=CC(=O)Nc1cc(Nc2nccc(-c3ncc(-c4ccccc4)[nH]3)n2)c(OC)cc1N(C)CCO. The lowest BCUT2D eigenvalue weighted by molar-refractivity contribution is -0.111. The van der Waals surface area contributed by atoms with E-state index in [1.165, 1.54) is 6.08 Å². The number of methoxy groups -OCH3 is 1. The van der Waals surface area contributed by atoms with Crippen LogP contribution in [0.1, 0.15) is 0 Å². The fourth-order valence-corrected chi connectivity index (χ4v) is 3.59. The summed E-state index contributed by atoms with van der Waals surface area (Å²) >= 11 is 0. The zero-order valence-corrected chi connectivity index (χ0v) is 20.0. The number of likely N-dealkylation sites (N-methyl/N-ethyl adjacent to an activating group) is 1. The number of hydrogen-bond acceptors (Lipinski definition) is 8. The van der Waals surface area contributed by atoms with E-state index in [1.54, 1.807) is 44.8 Å². The van der Waals surface area contributed by atoms with Crippen molar-refractivity contribution in [3.8, 4) is 28.5 Å². The van der Waals surface area contributed by atoms with E-state index in [0.717, 1.165) is 11.3 Å². The van der Waals surface area contributed by atoms with Gasteiger partial charge in [-0.25, -0.2) is 15.0 Å². The van der Waals surface area contributed by atoms with E-state index in [4.69, 9.17) is 4.74 Å². The fourth-order valence-electron chi connectivity index (χ4n) is 3.59. The van der Waals surface area contributed by atoms with Gasteiger partial charge in [0.15, 0.2) is 5.82 Å². The molecule has 184 valence electrons. The second-order valence-electron chi connectivity index (χ2n) is 7.81. The highest BCUT2D eigenvalue weighted by atomic mass is 16.5. The Hall–Kier alpha value is -4.70. The van der Waals surface area contributed by atoms with Crippen LogP contribution in [0.4, 0.5) is 23.0 Å². The van der Waals surface area contributed by atoms with Crippen LogP contribution in [0.5, 0.6) is 5.75 Å². The predicted octanol–water partition coefficient (Wildman–Crippen LogP) is 3.84. The second kappa shape index (κ2) is 11.2. The molecule has 4 rings (SSSR count). The molecular weight excluding hydrogens is 458 g/mol. The third-order valence-electron chi connectivity index (χ3n) is 5.41. The first-order valence-corrected chi connectivity index (χ1v) is 11.2. The number of aromatic nitrogens is 4. The molecule has 0 saturated heterocycles. The number of nitrogens with zero attached hydrogens (tertiary/aromatic N) is 4. The van der Waals surface area contributed by atoms with E-state index in [9.17, 15) is 9.90 Å². The number of ether oxygens (including phenoxy) is 1. The first-order valence-electron chi connectivity index (χ1n) is 11.2. The normalized spacial score (nSPS) is 10.5. The van der Waals surface area contributed by atoms with Crippen molar-refractivity contribution in [1.29, 1.82) is 0 Å². The maximum atomic E-state index is 12.1. The van der Waals surface area contributed by atoms with Crippen molar-refractivity contribution in [3.05, 3.63) is 73.6 Å². The number of hydrogen-bond donors (Lipinski definition) is 4. The summed E-state index contributed by atoms with van der Waals surface area (Å²) in [5, 5.41) is 15.3. The van der Waals surface area contributed by atoms with Crippen LogP contribution >= 0.6 is 0 Å². The summed E-state index contributed by atoms with van der Waals surface area (Å²) in [7, 11) is 3.35. The molecule has 1 amide bonds. The van der Waals surface area contributed by atoms with Crippen LogP contribution in [0.2, 0.25) is 0 Å².